The molecule has 2 aliphatic rings. The number of carbonyl (C=O) groups is 2. The summed E-state index contributed by atoms with van der Waals surface area (Å²) in [5.41, 5.74) is 3.32. The number of carbonyl (C=O) groups excluding carboxylic acids is 2. The van der Waals surface area contributed by atoms with Crippen molar-refractivity contribution in [2.75, 3.05) is 26.3 Å². The lowest BCUT2D eigenvalue weighted by Gasteiger charge is -2.49. The van der Waals surface area contributed by atoms with Crippen molar-refractivity contribution < 1.29 is 24.2 Å². The number of hydrogen-bond acceptors (Lipinski definition) is 5. The van der Waals surface area contributed by atoms with Crippen LogP contribution in [0.4, 0.5) is 9.59 Å². The van der Waals surface area contributed by atoms with Crippen LogP contribution < -0.4 is 5.32 Å². The molecule has 2 N–H and O–H groups in total. The van der Waals surface area contributed by atoms with Crippen LogP contribution in [0.5, 0.6) is 0 Å². The molecule has 0 spiro atoms. The number of amides is 2. The Morgan fingerprint density at radius 1 is 1.06 bits per heavy atom. The summed E-state index contributed by atoms with van der Waals surface area (Å²) in [5.74, 6) is -0.0263. The summed E-state index contributed by atoms with van der Waals surface area (Å²) in [6.07, 6.45) is -0.652. The van der Waals surface area contributed by atoms with Gasteiger partial charge in [0.25, 0.3) is 0 Å². The van der Waals surface area contributed by atoms with E-state index >= 15 is 0 Å². The van der Waals surface area contributed by atoms with E-state index in [9.17, 15) is 14.7 Å². The zero-order chi connectivity index (χ0) is 22.9. The minimum Gasteiger partial charge on any atom is -0.449 e. The van der Waals surface area contributed by atoms with Gasteiger partial charge in [0.05, 0.1) is 5.54 Å². The van der Waals surface area contributed by atoms with Gasteiger partial charge in [0.15, 0.2) is 0 Å². The van der Waals surface area contributed by atoms with Crippen molar-refractivity contribution in [1.82, 2.24) is 10.2 Å². The SMILES string of the molecule is CC(C)(C)OC(=O)N1CC(CCO)(NC(=O)OCC2c3ccccc3-c3ccccc32)C1. The lowest BCUT2D eigenvalue weighted by Crippen LogP contribution is -2.72. The fourth-order valence-corrected chi connectivity index (χ4v) is 4.50. The summed E-state index contributed by atoms with van der Waals surface area (Å²) in [5, 5.41) is 12.4. The molecule has 2 aromatic carbocycles. The molecule has 32 heavy (non-hydrogen) atoms. The molecule has 0 bridgehead atoms. The van der Waals surface area contributed by atoms with Gasteiger partial charge < -0.3 is 24.8 Å². The number of likely N-dealkylation sites (tertiary alicyclic amines) is 1. The van der Waals surface area contributed by atoms with Crippen molar-refractivity contribution in [3.63, 3.8) is 0 Å². The van der Waals surface area contributed by atoms with E-state index < -0.39 is 23.3 Å². The minimum absolute atomic E-state index is 0.0263. The van der Waals surface area contributed by atoms with E-state index in [1.807, 2.05) is 24.3 Å². The molecule has 7 nitrogen and oxygen atoms in total. The van der Waals surface area contributed by atoms with Gasteiger partial charge in [-0.3, -0.25) is 0 Å². The molecule has 0 aromatic heterocycles. The zero-order valence-electron chi connectivity index (χ0n) is 18.8. The van der Waals surface area contributed by atoms with Crippen LogP contribution >= 0.6 is 0 Å². The highest BCUT2D eigenvalue weighted by molar-refractivity contribution is 5.79. The molecule has 4 rings (SSSR count). The number of benzene rings is 2. The largest absolute Gasteiger partial charge is 0.449 e. The van der Waals surface area contributed by atoms with Crippen LogP contribution in [-0.2, 0) is 9.47 Å². The van der Waals surface area contributed by atoms with E-state index in [1.165, 1.54) is 16.0 Å². The first kappa shape index (κ1) is 22.1. The molecule has 1 aliphatic carbocycles. The number of alkyl carbamates (subject to hydrolysis) is 1. The zero-order valence-corrected chi connectivity index (χ0v) is 18.8. The second-order valence-electron chi connectivity index (χ2n) is 9.54. The predicted octanol–water partition coefficient (Wildman–Crippen LogP) is 3.90. The summed E-state index contributed by atoms with van der Waals surface area (Å²) in [6, 6.07) is 16.3. The smallest absolute Gasteiger partial charge is 0.410 e. The molecule has 170 valence electrons. The Morgan fingerprint density at radius 2 is 1.62 bits per heavy atom. The highest BCUT2D eigenvalue weighted by atomic mass is 16.6. The second kappa shape index (κ2) is 8.47. The number of hydrogen-bond donors (Lipinski definition) is 2. The van der Waals surface area contributed by atoms with Crippen molar-refractivity contribution in [3.05, 3.63) is 59.7 Å². The summed E-state index contributed by atoms with van der Waals surface area (Å²) in [7, 11) is 0. The Kier molecular flexibility index (Phi) is 5.86. The van der Waals surface area contributed by atoms with Crippen molar-refractivity contribution in [1.29, 1.82) is 0 Å². The first-order chi connectivity index (χ1) is 15.2. The third-order valence-electron chi connectivity index (χ3n) is 5.94. The number of nitrogens with zero attached hydrogens (tertiary/aromatic N) is 1. The Labute approximate surface area is 188 Å². The number of rotatable bonds is 5. The van der Waals surface area contributed by atoms with Gasteiger partial charge in [0.1, 0.15) is 12.2 Å². The van der Waals surface area contributed by atoms with Gasteiger partial charge in [-0.05, 0) is 49.4 Å². The molecule has 2 amide bonds. The second-order valence-corrected chi connectivity index (χ2v) is 9.54. The molecule has 1 fully saturated rings. The van der Waals surface area contributed by atoms with E-state index in [1.54, 1.807) is 20.8 Å². The topological polar surface area (TPSA) is 88.1 Å². The summed E-state index contributed by atoms with van der Waals surface area (Å²) < 4.78 is 11.0. The van der Waals surface area contributed by atoms with Gasteiger partial charge in [0.2, 0.25) is 0 Å². The van der Waals surface area contributed by atoms with E-state index in [4.69, 9.17) is 9.47 Å². The predicted molar refractivity (Wildman–Crippen MR) is 120 cm³/mol. The Hall–Kier alpha value is -3.06. The lowest BCUT2D eigenvalue weighted by molar-refractivity contribution is -0.0223. The quantitative estimate of drug-likeness (QED) is 0.739. The highest BCUT2D eigenvalue weighted by Gasteiger charge is 2.47. The van der Waals surface area contributed by atoms with Gasteiger partial charge in [-0.15, -0.1) is 0 Å². The average Bonchev–Trinajstić information content (AvgIpc) is 3.03. The first-order valence-corrected chi connectivity index (χ1v) is 10.9. The molecular weight excluding hydrogens is 408 g/mol. The fourth-order valence-electron chi connectivity index (χ4n) is 4.50. The van der Waals surface area contributed by atoms with Gasteiger partial charge >= 0.3 is 12.2 Å². The number of aliphatic hydroxyl groups is 1. The van der Waals surface area contributed by atoms with Crippen molar-refractivity contribution >= 4 is 12.2 Å². The van der Waals surface area contributed by atoms with Crippen LogP contribution in [0.25, 0.3) is 11.1 Å². The van der Waals surface area contributed by atoms with E-state index in [-0.39, 0.29) is 32.2 Å². The molecule has 1 aliphatic heterocycles. The van der Waals surface area contributed by atoms with Crippen molar-refractivity contribution in [2.24, 2.45) is 0 Å². The number of fused-ring (bicyclic) bond motifs is 3. The Bertz CT molecular complexity index is 962. The number of nitrogens with one attached hydrogen (secondary N) is 1. The molecule has 0 unspecified atom stereocenters. The van der Waals surface area contributed by atoms with Crippen LogP contribution in [0.2, 0.25) is 0 Å². The third kappa shape index (κ3) is 4.43. The van der Waals surface area contributed by atoms with Gasteiger partial charge in [0, 0.05) is 25.6 Å². The number of ether oxygens (including phenoxy) is 2. The van der Waals surface area contributed by atoms with Gasteiger partial charge in [-0.1, -0.05) is 48.5 Å². The third-order valence-corrected chi connectivity index (χ3v) is 5.94. The van der Waals surface area contributed by atoms with E-state index in [0.717, 1.165) is 11.1 Å². The van der Waals surface area contributed by atoms with E-state index in [0.29, 0.717) is 6.42 Å². The maximum absolute atomic E-state index is 12.7. The van der Waals surface area contributed by atoms with Crippen LogP contribution in [-0.4, -0.2) is 59.6 Å². The fraction of sp³-hybridized carbons (Fsp3) is 0.440. The Balaban J connectivity index is 1.38. The lowest BCUT2D eigenvalue weighted by atomic mass is 9.87. The first-order valence-electron chi connectivity index (χ1n) is 10.9. The Morgan fingerprint density at radius 3 is 2.16 bits per heavy atom. The summed E-state index contributed by atoms with van der Waals surface area (Å²) in [4.78, 5) is 26.4. The monoisotopic (exact) mass is 438 g/mol. The minimum atomic E-state index is -0.714. The van der Waals surface area contributed by atoms with Crippen LogP contribution in [0.3, 0.4) is 0 Å². The molecule has 7 heteroatoms. The molecule has 1 saturated heterocycles. The van der Waals surface area contributed by atoms with Crippen molar-refractivity contribution in [2.45, 2.75) is 44.2 Å². The van der Waals surface area contributed by atoms with Crippen LogP contribution in [0.1, 0.15) is 44.2 Å². The summed E-state index contributed by atoms with van der Waals surface area (Å²) in [6.45, 7) is 6.07. The molecule has 0 atom stereocenters. The molecule has 2 aromatic rings. The van der Waals surface area contributed by atoms with Crippen molar-refractivity contribution in [3.8, 4) is 11.1 Å². The van der Waals surface area contributed by atoms with Gasteiger partial charge in [-0.25, -0.2) is 9.59 Å². The highest BCUT2D eigenvalue weighted by Crippen LogP contribution is 2.44. The number of aliphatic hydroxyl groups excluding tert-OH is 1. The molecule has 0 radical (unpaired) electrons. The maximum Gasteiger partial charge on any atom is 0.410 e. The molecule has 0 saturated carbocycles. The average molecular weight is 439 g/mol. The summed E-state index contributed by atoms with van der Waals surface area (Å²) >= 11 is 0. The normalized spacial score (nSPS) is 16.6. The van der Waals surface area contributed by atoms with Gasteiger partial charge in [-0.2, -0.15) is 0 Å². The standard InChI is InChI=1S/C25H30N2O5/c1-24(2,3)32-23(30)27-15-25(16-27,12-13-28)26-22(29)31-14-21-19-10-6-4-8-17(19)18-9-5-7-11-20(18)21/h4-11,21,28H,12-16H2,1-3H3,(H,26,29). The molecular formula is C25H30N2O5. The molecule has 1 heterocycles. The maximum atomic E-state index is 12.7. The van der Waals surface area contributed by atoms with Crippen LogP contribution in [0.15, 0.2) is 48.5 Å². The van der Waals surface area contributed by atoms with E-state index in [2.05, 4.69) is 29.6 Å². The van der Waals surface area contributed by atoms with Crippen LogP contribution in [0, 0.1) is 0 Å².